The molecule has 0 radical (unpaired) electrons. The Morgan fingerprint density at radius 2 is 1.82 bits per heavy atom. The third-order valence-corrected chi connectivity index (χ3v) is 4.95. The maximum absolute atomic E-state index is 13.2. The summed E-state index contributed by atoms with van der Waals surface area (Å²) in [6.07, 6.45) is 2.06. The van der Waals surface area contributed by atoms with Crippen molar-refractivity contribution < 1.29 is 9.59 Å². The van der Waals surface area contributed by atoms with E-state index in [1.54, 1.807) is 4.90 Å². The van der Waals surface area contributed by atoms with Gasteiger partial charge in [0.1, 0.15) is 6.54 Å². The summed E-state index contributed by atoms with van der Waals surface area (Å²) < 4.78 is 2.20. The van der Waals surface area contributed by atoms with Crippen molar-refractivity contribution in [1.29, 1.82) is 0 Å². The third kappa shape index (κ3) is 4.38. The molecule has 3 amide bonds. The van der Waals surface area contributed by atoms with Crippen LogP contribution in [-0.4, -0.2) is 51.5 Å². The summed E-state index contributed by atoms with van der Waals surface area (Å²) in [5.74, 6) is -0.0350. The Hall–Kier alpha value is -2.76. The van der Waals surface area contributed by atoms with Crippen LogP contribution in [0.5, 0.6) is 0 Å². The van der Waals surface area contributed by atoms with Gasteiger partial charge in [0.05, 0.1) is 6.04 Å². The lowest BCUT2D eigenvalue weighted by Crippen LogP contribution is -2.52. The minimum Gasteiger partial charge on any atom is -0.348 e. The van der Waals surface area contributed by atoms with Crippen LogP contribution in [0.3, 0.4) is 0 Å². The van der Waals surface area contributed by atoms with E-state index in [1.165, 1.54) is 0 Å². The van der Waals surface area contributed by atoms with Crippen molar-refractivity contribution in [2.24, 2.45) is 0 Å². The monoisotopic (exact) mass is 382 g/mol. The van der Waals surface area contributed by atoms with Gasteiger partial charge in [0, 0.05) is 37.1 Å². The predicted octanol–water partition coefficient (Wildman–Crippen LogP) is 3.25. The molecule has 1 atom stereocenters. The van der Waals surface area contributed by atoms with Gasteiger partial charge in [-0.2, -0.15) is 0 Å². The first kappa shape index (κ1) is 20.0. The normalized spacial score (nSPS) is 16.4. The number of benzene rings is 1. The highest BCUT2D eigenvalue weighted by molar-refractivity contribution is 5.85. The highest BCUT2D eigenvalue weighted by atomic mass is 16.2. The minimum absolute atomic E-state index is 0.0350. The molecule has 1 aromatic carbocycles. The number of carbonyl (C=O) groups excluding carboxylic acids is 2. The molecule has 3 rings (SSSR count). The van der Waals surface area contributed by atoms with Crippen LogP contribution in [-0.2, 0) is 11.3 Å². The minimum atomic E-state index is -0.341. The molecule has 1 aliphatic rings. The smallest absolute Gasteiger partial charge is 0.318 e. The number of hydrogen-bond donors (Lipinski definition) is 1. The molecule has 1 aromatic heterocycles. The molecule has 6 nitrogen and oxygen atoms in total. The Bertz CT molecular complexity index is 823. The molecule has 28 heavy (non-hydrogen) atoms. The van der Waals surface area contributed by atoms with Crippen molar-refractivity contribution >= 4 is 11.9 Å². The zero-order valence-corrected chi connectivity index (χ0v) is 17.2. The van der Waals surface area contributed by atoms with Gasteiger partial charge in [-0.3, -0.25) is 4.79 Å². The number of amides is 3. The molecule has 6 heteroatoms. The largest absolute Gasteiger partial charge is 0.348 e. The Morgan fingerprint density at radius 1 is 1.11 bits per heavy atom. The van der Waals surface area contributed by atoms with Crippen LogP contribution >= 0.6 is 0 Å². The molecule has 2 heterocycles. The molecule has 1 N–H and O–H groups in total. The van der Waals surface area contributed by atoms with Gasteiger partial charge < -0.3 is 19.7 Å². The average Bonchev–Trinajstić information content (AvgIpc) is 3.13. The number of nitrogens with zero attached hydrogens (tertiary/aromatic N) is 3. The van der Waals surface area contributed by atoms with Crippen LogP contribution in [0.4, 0.5) is 4.79 Å². The molecule has 150 valence electrons. The van der Waals surface area contributed by atoms with Gasteiger partial charge >= 0.3 is 6.03 Å². The summed E-state index contributed by atoms with van der Waals surface area (Å²) >= 11 is 0. The third-order valence-electron chi connectivity index (χ3n) is 4.95. The van der Waals surface area contributed by atoms with E-state index in [1.807, 2.05) is 56.9 Å². The lowest BCUT2D eigenvalue weighted by Gasteiger charge is -2.38. The van der Waals surface area contributed by atoms with Gasteiger partial charge in [-0.15, -0.1) is 0 Å². The second-order valence-corrected chi connectivity index (χ2v) is 8.22. The molecule has 0 spiro atoms. The molecular formula is C22H30N4O2. The fourth-order valence-electron chi connectivity index (χ4n) is 3.62. The first-order valence-corrected chi connectivity index (χ1v) is 9.86. The number of aromatic nitrogens is 1. The van der Waals surface area contributed by atoms with Crippen LogP contribution in [0.2, 0.25) is 0 Å². The van der Waals surface area contributed by atoms with Crippen LogP contribution in [0.25, 0.3) is 0 Å². The summed E-state index contributed by atoms with van der Waals surface area (Å²) in [6, 6.07) is 13.8. The highest BCUT2D eigenvalue weighted by Gasteiger charge is 2.33. The summed E-state index contributed by atoms with van der Waals surface area (Å²) in [6.45, 7) is 9.64. The molecule has 0 unspecified atom stereocenters. The summed E-state index contributed by atoms with van der Waals surface area (Å²) in [7, 11) is 0. The van der Waals surface area contributed by atoms with Gasteiger partial charge in [0.2, 0.25) is 5.91 Å². The molecule has 0 bridgehead atoms. The van der Waals surface area contributed by atoms with E-state index >= 15 is 0 Å². The Kier molecular flexibility index (Phi) is 5.77. The van der Waals surface area contributed by atoms with Crippen molar-refractivity contribution in [2.75, 3.05) is 19.6 Å². The van der Waals surface area contributed by atoms with Gasteiger partial charge in [0.25, 0.3) is 0 Å². The zero-order chi connectivity index (χ0) is 20.3. The Labute approximate surface area is 167 Å². The van der Waals surface area contributed by atoms with Gasteiger partial charge in [0.15, 0.2) is 0 Å². The van der Waals surface area contributed by atoms with Crippen LogP contribution in [0.15, 0.2) is 48.7 Å². The second kappa shape index (κ2) is 8.09. The number of hydrogen-bond acceptors (Lipinski definition) is 2. The Morgan fingerprint density at radius 3 is 2.46 bits per heavy atom. The van der Waals surface area contributed by atoms with E-state index in [2.05, 4.69) is 34.3 Å². The van der Waals surface area contributed by atoms with E-state index in [0.29, 0.717) is 13.1 Å². The first-order chi connectivity index (χ1) is 13.3. The fourth-order valence-corrected chi connectivity index (χ4v) is 3.62. The predicted molar refractivity (Wildman–Crippen MR) is 110 cm³/mol. The molecule has 0 saturated heterocycles. The lowest BCUT2D eigenvalue weighted by atomic mass is 10.00. The fraction of sp³-hybridized carbons (Fsp3) is 0.455. The second-order valence-electron chi connectivity index (χ2n) is 8.22. The van der Waals surface area contributed by atoms with E-state index in [9.17, 15) is 9.59 Å². The average molecular weight is 383 g/mol. The van der Waals surface area contributed by atoms with Crippen LogP contribution in [0.1, 0.15) is 45.0 Å². The van der Waals surface area contributed by atoms with Crippen molar-refractivity contribution in [2.45, 2.75) is 45.8 Å². The number of likely N-dealkylation sites (N-methyl/N-ethyl adjacent to an activating group) is 1. The van der Waals surface area contributed by atoms with E-state index < -0.39 is 0 Å². The van der Waals surface area contributed by atoms with Crippen molar-refractivity contribution in [1.82, 2.24) is 19.7 Å². The number of nitrogens with one attached hydrogen (secondary N) is 1. The topological polar surface area (TPSA) is 57.6 Å². The number of fused-ring (bicyclic) bond motifs is 1. The van der Waals surface area contributed by atoms with E-state index in [4.69, 9.17) is 0 Å². The van der Waals surface area contributed by atoms with Crippen molar-refractivity contribution in [3.63, 3.8) is 0 Å². The summed E-state index contributed by atoms with van der Waals surface area (Å²) in [4.78, 5) is 29.3. The number of urea groups is 1. The van der Waals surface area contributed by atoms with Crippen LogP contribution < -0.4 is 5.32 Å². The lowest BCUT2D eigenvalue weighted by molar-refractivity contribution is -0.134. The summed E-state index contributed by atoms with van der Waals surface area (Å²) in [5, 5.41) is 2.94. The molecule has 0 aliphatic carbocycles. The molecular weight excluding hydrogens is 352 g/mol. The number of rotatable bonds is 4. The first-order valence-electron chi connectivity index (χ1n) is 9.86. The van der Waals surface area contributed by atoms with E-state index in [0.717, 1.165) is 17.8 Å². The quantitative estimate of drug-likeness (QED) is 0.882. The van der Waals surface area contributed by atoms with Gasteiger partial charge in [-0.05, 0) is 45.4 Å². The summed E-state index contributed by atoms with van der Waals surface area (Å²) in [5.41, 5.74) is 1.84. The van der Waals surface area contributed by atoms with Crippen LogP contribution in [0, 0.1) is 0 Å². The maximum atomic E-state index is 13.2. The number of carbonyl (C=O) groups is 2. The van der Waals surface area contributed by atoms with Crippen molar-refractivity contribution in [3.8, 4) is 0 Å². The maximum Gasteiger partial charge on any atom is 0.318 e. The van der Waals surface area contributed by atoms with Gasteiger partial charge in [-0.25, -0.2) is 4.79 Å². The molecule has 2 aromatic rings. The Balaban J connectivity index is 1.82. The molecule has 0 fully saturated rings. The molecule has 1 aliphatic heterocycles. The highest BCUT2D eigenvalue weighted by Crippen LogP contribution is 2.32. The zero-order valence-electron chi connectivity index (χ0n) is 17.2. The standard InChI is InChI=1S/C22H30N4O2/c1-5-24(21(28)23-22(2,3)4)16-19(27)26-15-14-25-13-9-12-18(25)20(26)17-10-7-6-8-11-17/h6-13,20H,5,14-16H2,1-4H3,(H,23,28)/t20-/m1/s1. The van der Waals surface area contributed by atoms with E-state index in [-0.39, 0.29) is 30.1 Å². The SMILES string of the molecule is CCN(CC(=O)N1CCn2cccc2[C@H]1c1ccccc1)C(=O)NC(C)(C)C. The van der Waals surface area contributed by atoms with Crippen molar-refractivity contribution in [3.05, 3.63) is 59.9 Å². The molecule has 0 saturated carbocycles. The van der Waals surface area contributed by atoms with Gasteiger partial charge in [-0.1, -0.05) is 30.3 Å².